The van der Waals surface area contributed by atoms with E-state index in [4.69, 9.17) is 11.6 Å². The number of hydrogen-bond acceptors (Lipinski definition) is 1. The van der Waals surface area contributed by atoms with Crippen molar-refractivity contribution in [3.05, 3.63) is 40.0 Å². The molecule has 0 unspecified atom stereocenters. The van der Waals surface area contributed by atoms with Crippen LogP contribution in [0.15, 0.2) is 18.2 Å². The van der Waals surface area contributed by atoms with Crippen molar-refractivity contribution >= 4 is 22.5 Å². The lowest BCUT2D eigenvalue weighted by molar-refractivity contribution is 0.589. The molecule has 0 aliphatic carbocycles. The Bertz CT molecular complexity index is 579. The van der Waals surface area contributed by atoms with E-state index >= 15 is 0 Å². The fourth-order valence-corrected chi connectivity index (χ4v) is 2.41. The minimum atomic E-state index is 0.0249. The molecular formula is C15H18ClN. The van der Waals surface area contributed by atoms with Gasteiger partial charge in [-0.1, -0.05) is 44.5 Å². The molecule has 0 atom stereocenters. The molecule has 1 nitrogen and oxygen atoms in total. The topological polar surface area (TPSA) is 12.9 Å². The summed E-state index contributed by atoms with van der Waals surface area (Å²) in [5, 5.41) is 1.79. The van der Waals surface area contributed by atoms with Gasteiger partial charge in [0.25, 0.3) is 0 Å². The van der Waals surface area contributed by atoms with Crippen molar-refractivity contribution in [3.8, 4) is 0 Å². The van der Waals surface area contributed by atoms with E-state index in [2.05, 4.69) is 57.8 Å². The monoisotopic (exact) mass is 247 g/mol. The zero-order valence-corrected chi connectivity index (χ0v) is 11.8. The molecule has 1 heterocycles. The summed E-state index contributed by atoms with van der Waals surface area (Å²) < 4.78 is 0. The first kappa shape index (κ1) is 12.4. The van der Waals surface area contributed by atoms with Crippen LogP contribution in [0, 0.1) is 13.8 Å². The molecule has 0 N–H and O–H groups in total. The van der Waals surface area contributed by atoms with Gasteiger partial charge in [0, 0.05) is 5.39 Å². The van der Waals surface area contributed by atoms with Crippen LogP contribution in [-0.4, -0.2) is 4.98 Å². The van der Waals surface area contributed by atoms with Gasteiger partial charge in [-0.25, -0.2) is 4.98 Å². The van der Waals surface area contributed by atoms with Crippen LogP contribution in [-0.2, 0) is 5.41 Å². The number of rotatable bonds is 0. The third-order valence-corrected chi connectivity index (χ3v) is 3.56. The van der Waals surface area contributed by atoms with Crippen molar-refractivity contribution < 1.29 is 0 Å². The van der Waals surface area contributed by atoms with Crippen molar-refractivity contribution in [2.24, 2.45) is 0 Å². The highest BCUT2D eigenvalue weighted by atomic mass is 35.5. The standard InChI is InChI=1S/C15H18ClN/c1-9-6-7-11-8-12(15(3,4)5)14(16)17-13(11)10(9)2/h6-8H,1-5H3. The van der Waals surface area contributed by atoms with Crippen molar-refractivity contribution in [1.82, 2.24) is 4.98 Å². The lowest BCUT2D eigenvalue weighted by Crippen LogP contribution is -2.12. The van der Waals surface area contributed by atoms with Gasteiger partial charge in [0.2, 0.25) is 0 Å². The van der Waals surface area contributed by atoms with Crippen LogP contribution in [0.4, 0.5) is 0 Å². The maximum absolute atomic E-state index is 6.30. The molecule has 1 aromatic carbocycles. The van der Waals surface area contributed by atoms with Gasteiger partial charge in [-0.3, -0.25) is 0 Å². The fraction of sp³-hybridized carbons (Fsp3) is 0.400. The van der Waals surface area contributed by atoms with Crippen molar-refractivity contribution in [2.75, 3.05) is 0 Å². The second-order valence-electron chi connectivity index (χ2n) is 5.66. The van der Waals surface area contributed by atoms with E-state index in [0.29, 0.717) is 5.15 Å². The highest BCUT2D eigenvalue weighted by molar-refractivity contribution is 6.30. The molecule has 2 rings (SSSR count). The minimum absolute atomic E-state index is 0.0249. The highest BCUT2D eigenvalue weighted by Gasteiger charge is 2.19. The van der Waals surface area contributed by atoms with E-state index in [-0.39, 0.29) is 5.41 Å². The summed E-state index contributed by atoms with van der Waals surface area (Å²) in [5.74, 6) is 0. The van der Waals surface area contributed by atoms with E-state index in [1.54, 1.807) is 0 Å². The normalized spacial score (nSPS) is 12.1. The van der Waals surface area contributed by atoms with Crippen molar-refractivity contribution in [2.45, 2.75) is 40.0 Å². The predicted octanol–water partition coefficient (Wildman–Crippen LogP) is 4.80. The fourth-order valence-electron chi connectivity index (χ4n) is 1.99. The summed E-state index contributed by atoms with van der Waals surface area (Å²) in [4.78, 5) is 4.57. The quantitative estimate of drug-likeness (QED) is 0.610. The maximum Gasteiger partial charge on any atom is 0.133 e. The summed E-state index contributed by atoms with van der Waals surface area (Å²) in [6.45, 7) is 10.7. The molecule has 0 spiro atoms. The zero-order chi connectivity index (χ0) is 12.8. The number of hydrogen-bond donors (Lipinski definition) is 0. The molecule has 0 radical (unpaired) electrons. The molecule has 0 aliphatic rings. The maximum atomic E-state index is 6.30. The van der Waals surface area contributed by atoms with Gasteiger partial charge in [0.15, 0.2) is 0 Å². The van der Waals surface area contributed by atoms with Gasteiger partial charge in [-0.15, -0.1) is 0 Å². The second-order valence-corrected chi connectivity index (χ2v) is 6.01. The van der Waals surface area contributed by atoms with Gasteiger partial charge in [-0.05, 0) is 42.0 Å². The Morgan fingerprint density at radius 1 is 1.12 bits per heavy atom. The average Bonchev–Trinajstić information content (AvgIpc) is 2.22. The van der Waals surface area contributed by atoms with Crippen LogP contribution in [0.25, 0.3) is 10.9 Å². The number of fused-ring (bicyclic) bond motifs is 1. The smallest absolute Gasteiger partial charge is 0.133 e. The molecule has 0 amide bonds. The van der Waals surface area contributed by atoms with E-state index < -0.39 is 0 Å². The second kappa shape index (κ2) is 3.99. The highest BCUT2D eigenvalue weighted by Crippen LogP contribution is 2.32. The lowest BCUT2D eigenvalue weighted by atomic mass is 9.87. The summed E-state index contributed by atoms with van der Waals surface area (Å²) in [6, 6.07) is 6.42. The van der Waals surface area contributed by atoms with Crippen LogP contribution >= 0.6 is 11.6 Å². The SMILES string of the molecule is Cc1ccc2cc(C(C)(C)C)c(Cl)nc2c1C. The number of halogens is 1. The van der Waals surface area contributed by atoms with E-state index in [0.717, 1.165) is 11.1 Å². The number of nitrogens with zero attached hydrogens (tertiary/aromatic N) is 1. The number of aromatic nitrogens is 1. The van der Waals surface area contributed by atoms with Gasteiger partial charge < -0.3 is 0 Å². The lowest BCUT2D eigenvalue weighted by Gasteiger charge is -2.21. The van der Waals surface area contributed by atoms with Crippen LogP contribution in [0.1, 0.15) is 37.5 Å². The summed E-state index contributed by atoms with van der Waals surface area (Å²) >= 11 is 6.30. The molecule has 0 fully saturated rings. The van der Waals surface area contributed by atoms with E-state index in [1.807, 2.05) is 0 Å². The van der Waals surface area contributed by atoms with Gasteiger partial charge in [0.05, 0.1) is 5.52 Å². The molecule has 17 heavy (non-hydrogen) atoms. The third kappa shape index (κ3) is 2.16. The minimum Gasteiger partial charge on any atom is -0.236 e. The van der Waals surface area contributed by atoms with Crippen molar-refractivity contribution in [1.29, 1.82) is 0 Å². The van der Waals surface area contributed by atoms with Crippen molar-refractivity contribution in [3.63, 3.8) is 0 Å². The molecule has 1 aromatic heterocycles. The molecular weight excluding hydrogens is 230 g/mol. The summed E-state index contributed by atoms with van der Waals surface area (Å²) in [6.07, 6.45) is 0. The first-order valence-electron chi connectivity index (χ1n) is 5.87. The first-order valence-corrected chi connectivity index (χ1v) is 6.25. The third-order valence-electron chi connectivity index (χ3n) is 3.27. The molecule has 0 saturated heterocycles. The summed E-state index contributed by atoms with van der Waals surface area (Å²) in [5.41, 5.74) is 4.62. The molecule has 2 aromatic rings. The van der Waals surface area contributed by atoms with Crippen LogP contribution in [0.5, 0.6) is 0 Å². The Morgan fingerprint density at radius 3 is 2.35 bits per heavy atom. The average molecular weight is 248 g/mol. The predicted molar refractivity (Wildman–Crippen MR) is 74.9 cm³/mol. The number of pyridine rings is 1. The summed E-state index contributed by atoms with van der Waals surface area (Å²) in [7, 11) is 0. The Morgan fingerprint density at radius 2 is 1.76 bits per heavy atom. The first-order chi connectivity index (χ1) is 7.80. The Kier molecular flexibility index (Phi) is 2.90. The molecule has 0 saturated carbocycles. The largest absolute Gasteiger partial charge is 0.236 e. The van der Waals surface area contributed by atoms with Crippen LogP contribution in [0.2, 0.25) is 5.15 Å². The van der Waals surface area contributed by atoms with E-state index in [9.17, 15) is 0 Å². The van der Waals surface area contributed by atoms with E-state index in [1.165, 1.54) is 16.5 Å². The molecule has 0 aliphatic heterocycles. The Balaban J connectivity index is 2.80. The molecule has 90 valence electrons. The van der Waals surface area contributed by atoms with Crippen LogP contribution < -0.4 is 0 Å². The Hall–Kier alpha value is -1.08. The van der Waals surface area contributed by atoms with Gasteiger partial charge in [0.1, 0.15) is 5.15 Å². The number of benzene rings is 1. The molecule has 0 bridgehead atoms. The molecule has 2 heteroatoms. The van der Waals surface area contributed by atoms with Crippen LogP contribution in [0.3, 0.4) is 0 Å². The Labute approximate surface area is 108 Å². The van der Waals surface area contributed by atoms with Gasteiger partial charge in [-0.2, -0.15) is 0 Å². The number of aryl methyl sites for hydroxylation is 2. The van der Waals surface area contributed by atoms with Gasteiger partial charge >= 0.3 is 0 Å². The zero-order valence-electron chi connectivity index (χ0n) is 11.1.